The fourth-order valence-electron chi connectivity index (χ4n) is 2.89. The van der Waals surface area contributed by atoms with Crippen LogP contribution in [0.5, 0.6) is 11.5 Å². The van der Waals surface area contributed by atoms with Gasteiger partial charge in [-0.05, 0) is 43.4 Å². The third-order valence-electron chi connectivity index (χ3n) is 4.64. The van der Waals surface area contributed by atoms with E-state index in [2.05, 4.69) is 29.4 Å². The molecule has 29 heavy (non-hydrogen) atoms. The zero-order valence-corrected chi connectivity index (χ0v) is 17.5. The third-order valence-corrected chi connectivity index (χ3v) is 4.64. The first-order chi connectivity index (χ1) is 14.0. The second kappa shape index (κ2) is 11.1. The van der Waals surface area contributed by atoms with Gasteiger partial charge in [-0.15, -0.1) is 0 Å². The van der Waals surface area contributed by atoms with Crippen LogP contribution in [-0.2, 0) is 0 Å². The molecule has 0 saturated heterocycles. The Hall–Kier alpha value is -3.06. The Balaban J connectivity index is 2.05. The van der Waals surface area contributed by atoms with E-state index in [1.165, 1.54) is 7.11 Å². The van der Waals surface area contributed by atoms with E-state index in [0.29, 0.717) is 34.9 Å². The van der Waals surface area contributed by atoms with Crippen molar-refractivity contribution in [2.24, 2.45) is 0 Å². The average molecular weight is 399 g/mol. The lowest BCUT2D eigenvalue weighted by Crippen LogP contribution is -2.34. The summed E-state index contributed by atoms with van der Waals surface area (Å²) in [4.78, 5) is 27.2. The topological polar surface area (TPSA) is 79.9 Å². The Kier molecular flexibility index (Phi) is 8.48. The molecule has 2 amide bonds. The van der Waals surface area contributed by atoms with Crippen molar-refractivity contribution < 1.29 is 19.1 Å². The fraction of sp³-hybridized carbons (Fsp3) is 0.364. The van der Waals surface area contributed by atoms with Crippen molar-refractivity contribution >= 4 is 17.5 Å². The van der Waals surface area contributed by atoms with E-state index in [1.807, 2.05) is 0 Å². The maximum absolute atomic E-state index is 12.5. The van der Waals surface area contributed by atoms with Gasteiger partial charge in [-0.25, -0.2) is 0 Å². The molecule has 2 rings (SSSR count). The van der Waals surface area contributed by atoms with E-state index in [-0.39, 0.29) is 11.8 Å². The Morgan fingerprint density at radius 3 is 2.38 bits per heavy atom. The van der Waals surface area contributed by atoms with Crippen LogP contribution >= 0.6 is 0 Å². The highest BCUT2D eigenvalue weighted by atomic mass is 16.5. The van der Waals surface area contributed by atoms with Gasteiger partial charge in [0.05, 0.1) is 19.8 Å². The van der Waals surface area contributed by atoms with Gasteiger partial charge < -0.3 is 25.0 Å². The number of rotatable bonds is 10. The first-order valence-electron chi connectivity index (χ1n) is 9.66. The smallest absolute Gasteiger partial charge is 0.255 e. The van der Waals surface area contributed by atoms with E-state index in [1.54, 1.807) is 49.6 Å². The molecule has 7 heteroatoms. The highest BCUT2D eigenvalue weighted by molar-refractivity contribution is 6.05. The molecule has 0 unspecified atom stereocenters. The van der Waals surface area contributed by atoms with Crippen molar-refractivity contribution in [3.8, 4) is 11.5 Å². The number of benzene rings is 2. The van der Waals surface area contributed by atoms with Crippen LogP contribution < -0.4 is 20.1 Å². The molecule has 0 aromatic heterocycles. The summed E-state index contributed by atoms with van der Waals surface area (Å²) in [7, 11) is 3.04. The molecule has 0 fully saturated rings. The van der Waals surface area contributed by atoms with Crippen LogP contribution in [0, 0.1) is 0 Å². The molecule has 0 heterocycles. The summed E-state index contributed by atoms with van der Waals surface area (Å²) in [5, 5.41) is 5.72. The first-order valence-corrected chi connectivity index (χ1v) is 9.66. The molecule has 0 radical (unpaired) electrons. The van der Waals surface area contributed by atoms with E-state index in [0.717, 1.165) is 19.6 Å². The zero-order chi connectivity index (χ0) is 21.2. The Labute approximate surface area is 172 Å². The number of carbonyl (C=O) groups excluding carboxylic acids is 2. The van der Waals surface area contributed by atoms with Gasteiger partial charge in [0.15, 0.2) is 0 Å². The largest absolute Gasteiger partial charge is 0.497 e. The van der Waals surface area contributed by atoms with Crippen LogP contribution in [0.1, 0.15) is 34.6 Å². The molecule has 7 nitrogen and oxygen atoms in total. The lowest BCUT2D eigenvalue weighted by molar-refractivity contribution is 0.0945. The second-order valence-corrected chi connectivity index (χ2v) is 6.38. The number of likely N-dealkylation sites (N-methyl/N-ethyl adjacent to an activating group) is 1. The molecular weight excluding hydrogens is 370 g/mol. The van der Waals surface area contributed by atoms with Gasteiger partial charge in [-0.2, -0.15) is 0 Å². The van der Waals surface area contributed by atoms with Crippen LogP contribution in [0.2, 0.25) is 0 Å². The molecule has 0 aliphatic heterocycles. The van der Waals surface area contributed by atoms with Crippen LogP contribution in [0.3, 0.4) is 0 Å². The summed E-state index contributed by atoms with van der Waals surface area (Å²) in [5.41, 5.74) is 1.43. The summed E-state index contributed by atoms with van der Waals surface area (Å²) in [6.45, 7) is 7.41. The van der Waals surface area contributed by atoms with Crippen molar-refractivity contribution in [2.75, 3.05) is 45.7 Å². The summed E-state index contributed by atoms with van der Waals surface area (Å²) < 4.78 is 10.5. The predicted octanol–water partition coefficient (Wildman–Crippen LogP) is 3.03. The number of methoxy groups -OCH3 is 2. The van der Waals surface area contributed by atoms with E-state index in [9.17, 15) is 9.59 Å². The number of hydrogen-bond donors (Lipinski definition) is 2. The number of anilines is 1. The van der Waals surface area contributed by atoms with Crippen molar-refractivity contribution in [1.29, 1.82) is 0 Å². The summed E-state index contributed by atoms with van der Waals surface area (Å²) in [6.07, 6.45) is 0. The van der Waals surface area contributed by atoms with Gasteiger partial charge in [0, 0.05) is 30.4 Å². The van der Waals surface area contributed by atoms with E-state index in [4.69, 9.17) is 9.47 Å². The lowest BCUT2D eigenvalue weighted by atomic mass is 10.1. The normalized spacial score (nSPS) is 10.5. The van der Waals surface area contributed by atoms with Crippen molar-refractivity contribution in [3.05, 3.63) is 53.6 Å². The van der Waals surface area contributed by atoms with Gasteiger partial charge in [-0.1, -0.05) is 19.9 Å². The Morgan fingerprint density at radius 2 is 1.72 bits per heavy atom. The summed E-state index contributed by atoms with van der Waals surface area (Å²) in [5.74, 6) is 0.516. The number of carbonyl (C=O) groups is 2. The van der Waals surface area contributed by atoms with Crippen LogP contribution in [0.25, 0.3) is 0 Å². The van der Waals surface area contributed by atoms with Crippen molar-refractivity contribution in [3.63, 3.8) is 0 Å². The molecule has 2 N–H and O–H groups in total. The van der Waals surface area contributed by atoms with Gasteiger partial charge in [0.25, 0.3) is 11.8 Å². The number of nitrogens with one attached hydrogen (secondary N) is 2. The molecule has 2 aromatic carbocycles. The summed E-state index contributed by atoms with van der Waals surface area (Å²) >= 11 is 0. The molecular formula is C22H29N3O4. The van der Waals surface area contributed by atoms with Crippen LogP contribution in [0.4, 0.5) is 5.69 Å². The minimum atomic E-state index is -0.276. The van der Waals surface area contributed by atoms with Crippen LogP contribution in [-0.4, -0.2) is 57.1 Å². The molecule has 0 aliphatic carbocycles. The minimum Gasteiger partial charge on any atom is -0.497 e. The molecule has 2 aromatic rings. The van der Waals surface area contributed by atoms with Gasteiger partial charge in [-0.3, -0.25) is 9.59 Å². The van der Waals surface area contributed by atoms with Crippen molar-refractivity contribution in [1.82, 2.24) is 10.2 Å². The summed E-state index contributed by atoms with van der Waals surface area (Å²) in [6, 6.07) is 11.8. The van der Waals surface area contributed by atoms with Gasteiger partial charge in [0.2, 0.25) is 0 Å². The predicted molar refractivity (Wildman–Crippen MR) is 114 cm³/mol. The SMILES string of the molecule is CCN(CC)CCNC(=O)c1ccc(NC(=O)c2cccc(OC)c2)cc1OC. The average Bonchev–Trinajstić information content (AvgIpc) is 2.76. The van der Waals surface area contributed by atoms with Crippen molar-refractivity contribution in [2.45, 2.75) is 13.8 Å². The maximum atomic E-state index is 12.5. The number of hydrogen-bond acceptors (Lipinski definition) is 5. The maximum Gasteiger partial charge on any atom is 0.255 e. The molecule has 156 valence electrons. The first kappa shape index (κ1) is 22.2. The number of ether oxygens (including phenoxy) is 2. The second-order valence-electron chi connectivity index (χ2n) is 6.38. The highest BCUT2D eigenvalue weighted by Gasteiger charge is 2.14. The Bertz CT molecular complexity index is 835. The third kappa shape index (κ3) is 6.22. The van der Waals surface area contributed by atoms with Crippen LogP contribution in [0.15, 0.2) is 42.5 Å². The molecule has 0 bridgehead atoms. The quantitative estimate of drug-likeness (QED) is 0.642. The van der Waals surface area contributed by atoms with E-state index < -0.39 is 0 Å². The minimum absolute atomic E-state index is 0.209. The fourth-order valence-corrected chi connectivity index (χ4v) is 2.89. The van der Waals surface area contributed by atoms with Gasteiger partial charge >= 0.3 is 0 Å². The van der Waals surface area contributed by atoms with E-state index >= 15 is 0 Å². The lowest BCUT2D eigenvalue weighted by Gasteiger charge is -2.18. The van der Waals surface area contributed by atoms with Gasteiger partial charge in [0.1, 0.15) is 11.5 Å². The number of amides is 2. The zero-order valence-electron chi connectivity index (χ0n) is 17.5. The Morgan fingerprint density at radius 1 is 0.966 bits per heavy atom. The molecule has 0 atom stereocenters. The standard InChI is InChI=1S/C22H29N3O4/c1-5-25(6-2)13-12-23-22(27)19-11-10-17(15-20(19)29-4)24-21(26)16-8-7-9-18(14-16)28-3/h7-11,14-15H,5-6,12-13H2,1-4H3,(H,23,27)(H,24,26). The molecule has 0 saturated carbocycles. The number of nitrogens with zero attached hydrogens (tertiary/aromatic N) is 1. The molecule has 0 aliphatic rings. The highest BCUT2D eigenvalue weighted by Crippen LogP contribution is 2.24. The monoisotopic (exact) mass is 399 g/mol. The molecule has 0 spiro atoms.